The molecule has 1 unspecified atom stereocenters. The molecule has 1 N–H and O–H groups in total. The molecule has 132 valence electrons. The molecule has 1 aliphatic rings. The van der Waals surface area contributed by atoms with Crippen LogP contribution in [0.15, 0.2) is 34.7 Å². The van der Waals surface area contributed by atoms with E-state index in [-0.39, 0.29) is 24.8 Å². The van der Waals surface area contributed by atoms with E-state index in [0.717, 1.165) is 5.56 Å². The normalized spacial score (nSPS) is 20.0. The number of ether oxygens (including phenoxy) is 1. The SMILES string of the molecule is COCC1(C(=O)O)CCN(C(=O)c2oc(-c3ccccc3)nc2C)C1. The van der Waals surface area contributed by atoms with Crippen molar-refractivity contribution in [2.24, 2.45) is 5.41 Å². The zero-order chi connectivity index (χ0) is 18.0. The van der Waals surface area contributed by atoms with E-state index in [0.29, 0.717) is 24.6 Å². The monoisotopic (exact) mass is 344 g/mol. The fraction of sp³-hybridized carbons (Fsp3) is 0.389. The lowest BCUT2D eigenvalue weighted by Crippen LogP contribution is -2.40. The number of aliphatic carboxylic acids is 1. The summed E-state index contributed by atoms with van der Waals surface area (Å²) >= 11 is 0. The van der Waals surface area contributed by atoms with Gasteiger partial charge in [0.25, 0.3) is 5.91 Å². The lowest BCUT2D eigenvalue weighted by molar-refractivity contribution is -0.151. The zero-order valence-electron chi connectivity index (χ0n) is 14.2. The summed E-state index contributed by atoms with van der Waals surface area (Å²) in [7, 11) is 1.46. The standard InChI is InChI=1S/C18H20N2O5/c1-12-14(25-15(19-12)13-6-4-3-5-7-13)16(21)20-9-8-18(10-20,11-24-2)17(22)23/h3-7H,8-11H2,1-2H3,(H,22,23). The van der Waals surface area contributed by atoms with Crippen molar-refractivity contribution < 1.29 is 23.8 Å². The molecule has 7 heteroatoms. The molecule has 1 aromatic heterocycles. The Morgan fingerprint density at radius 3 is 2.72 bits per heavy atom. The Kier molecular flexibility index (Phi) is 4.59. The lowest BCUT2D eigenvalue weighted by atomic mass is 9.88. The van der Waals surface area contributed by atoms with Gasteiger partial charge in [0.05, 0.1) is 12.3 Å². The Morgan fingerprint density at radius 1 is 1.36 bits per heavy atom. The van der Waals surface area contributed by atoms with Gasteiger partial charge in [0, 0.05) is 25.8 Å². The number of amides is 1. The number of hydrogen-bond donors (Lipinski definition) is 1. The summed E-state index contributed by atoms with van der Waals surface area (Å²) in [4.78, 5) is 30.2. The van der Waals surface area contributed by atoms with Gasteiger partial charge in [-0.1, -0.05) is 18.2 Å². The number of carboxylic acid groups (broad SMARTS) is 1. The van der Waals surface area contributed by atoms with E-state index in [9.17, 15) is 14.7 Å². The molecule has 1 saturated heterocycles. The van der Waals surface area contributed by atoms with Gasteiger partial charge in [-0.05, 0) is 25.5 Å². The Hall–Kier alpha value is -2.67. The first kappa shape index (κ1) is 17.2. The molecule has 1 fully saturated rings. The number of rotatable bonds is 5. The third kappa shape index (κ3) is 3.15. The van der Waals surface area contributed by atoms with Gasteiger partial charge in [0.2, 0.25) is 11.7 Å². The second-order valence-corrected chi connectivity index (χ2v) is 6.29. The molecule has 0 radical (unpaired) electrons. The van der Waals surface area contributed by atoms with Gasteiger partial charge in [-0.25, -0.2) is 4.98 Å². The summed E-state index contributed by atoms with van der Waals surface area (Å²) in [5.74, 6) is -0.769. The number of methoxy groups -OCH3 is 1. The van der Waals surface area contributed by atoms with Crippen LogP contribution in [0.1, 0.15) is 22.7 Å². The van der Waals surface area contributed by atoms with Crippen molar-refractivity contribution in [1.29, 1.82) is 0 Å². The third-order valence-electron chi connectivity index (χ3n) is 4.53. The van der Waals surface area contributed by atoms with Gasteiger partial charge in [0.15, 0.2) is 0 Å². The molecule has 1 amide bonds. The molecule has 2 heterocycles. The van der Waals surface area contributed by atoms with Crippen LogP contribution in [0.5, 0.6) is 0 Å². The van der Waals surface area contributed by atoms with Crippen LogP contribution >= 0.6 is 0 Å². The van der Waals surface area contributed by atoms with E-state index in [4.69, 9.17) is 9.15 Å². The molecule has 0 bridgehead atoms. The number of benzene rings is 1. The summed E-state index contributed by atoms with van der Waals surface area (Å²) in [6.45, 7) is 2.21. The Balaban J connectivity index is 1.83. The second-order valence-electron chi connectivity index (χ2n) is 6.29. The minimum absolute atomic E-state index is 0.0662. The van der Waals surface area contributed by atoms with Gasteiger partial charge in [-0.2, -0.15) is 0 Å². The number of likely N-dealkylation sites (tertiary alicyclic amines) is 1. The number of oxazole rings is 1. The van der Waals surface area contributed by atoms with Crippen molar-refractivity contribution in [2.45, 2.75) is 13.3 Å². The van der Waals surface area contributed by atoms with E-state index in [1.165, 1.54) is 12.0 Å². The van der Waals surface area contributed by atoms with Crippen LogP contribution in [0.4, 0.5) is 0 Å². The molecule has 25 heavy (non-hydrogen) atoms. The predicted octanol–water partition coefficient (Wildman–Crippen LogP) is 2.21. The maximum atomic E-state index is 12.8. The average Bonchev–Trinajstić information content (AvgIpc) is 3.20. The molecule has 3 rings (SSSR count). The molecule has 1 atom stereocenters. The Morgan fingerprint density at radius 2 is 2.08 bits per heavy atom. The maximum absolute atomic E-state index is 12.8. The lowest BCUT2D eigenvalue weighted by Gasteiger charge is -2.23. The quantitative estimate of drug-likeness (QED) is 0.894. The summed E-state index contributed by atoms with van der Waals surface area (Å²) in [6, 6.07) is 9.31. The minimum atomic E-state index is -1.07. The van der Waals surface area contributed by atoms with Gasteiger partial charge in [-0.15, -0.1) is 0 Å². The number of nitrogens with zero attached hydrogens (tertiary/aromatic N) is 2. The highest BCUT2D eigenvalue weighted by atomic mass is 16.5. The van der Waals surface area contributed by atoms with Crippen LogP contribution in [-0.4, -0.2) is 53.7 Å². The first-order valence-corrected chi connectivity index (χ1v) is 8.01. The molecule has 7 nitrogen and oxygen atoms in total. The molecule has 2 aromatic rings. The Bertz CT molecular complexity index is 786. The van der Waals surface area contributed by atoms with Crippen molar-refractivity contribution in [3.05, 3.63) is 41.8 Å². The van der Waals surface area contributed by atoms with Crippen LogP contribution in [0.2, 0.25) is 0 Å². The van der Waals surface area contributed by atoms with Crippen LogP contribution in [-0.2, 0) is 9.53 Å². The smallest absolute Gasteiger partial charge is 0.313 e. The number of aromatic nitrogens is 1. The van der Waals surface area contributed by atoms with E-state index in [1.54, 1.807) is 6.92 Å². The van der Waals surface area contributed by atoms with Crippen LogP contribution in [0.25, 0.3) is 11.5 Å². The highest BCUT2D eigenvalue weighted by Crippen LogP contribution is 2.33. The van der Waals surface area contributed by atoms with E-state index in [1.807, 2.05) is 30.3 Å². The van der Waals surface area contributed by atoms with Gasteiger partial charge in [-0.3, -0.25) is 9.59 Å². The molecular weight excluding hydrogens is 324 g/mol. The molecule has 0 aliphatic carbocycles. The fourth-order valence-corrected chi connectivity index (χ4v) is 3.12. The summed E-state index contributed by atoms with van der Waals surface area (Å²) < 4.78 is 10.7. The molecule has 1 aliphatic heterocycles. The maximum Gasteiger partial charge on any atom is 0.313 e. The van der Waals surface area contributed by atoms with Crippen molar-refractivity contribution in [3.63, 3.8) is 0 Å². The van der Waals surface area contributed by atoms with Crippen molar-refractivity contribution in [3.8, 4) is 11.5 Å². The predicted molar refractivity (Wildman–Crippen MR) is 89.1 cm³/mol. The second kappa shape index (κ2) is 6.68. The molecule has 0 saturated carbocycles. The van der Waals surface area contributed by atoms with Crippen LogP contribution in [0.3, 0.4) is 0 Å². The van der Waals surface area contributed by atoms with Crippen LogP contribution in [0, 0.1) is 12.3 Å². The van der Waals surface area contributed by atoms with Crippen LogP contribution < -0.4 is 0 Å². The number of aryl methyl sites for hydroxylation is 1. The fourth-order valence-electron chi connectivity index (χ4n) is 3.12. The van der Waals surface area contributed by atoms with Gasteiger partial charge < -0.3 is 19.2 Å². The topological polar surface area (TPSA) is 92.9 Å². The first-order valence-electron chi connectivity index (χ1n) is 8.01. The molecule has 0 spiro atoms. The number of hydrogen-bond acceptors (Lipinski definition) is 5. The highest BCUT2D eigenvalue weighted by molar-refractivity contribution is 5.93. The summed E-state index contributed by atoms with van der Waals surface area (Å²) in [5, 5.41) is 9.52. The zero-order valence-corrected chi connectivity index (χ0v) is 14.2. The van der Waals surface area contributed by atoms with Gasteiger partial charge in [0.1, 0.15) is 5.41 Å². The Labute approximate surface area is 145 Å². The summed E-state index contributed by atoms with van der Waals surface area (Å²) in [6.07, 6.45) is 0.348. The van der Waals surface area contributed by atoms with E-state index < -0.39 is 11.4 Å². The number of carbonyl (C=O) groups excluding carboxylic acids is 1. The summed E-state index contributed by atoms with van der Waals surface area (Å²) in [5.41, 5.74) is 0.203. The highest BCUT2D eigenvalue weighted by Gasteiger charge is 2.47. The van der Waals surface area contributed by atoms with E-state index >= 15 is 0 Å². The molecule has 1 aromatic carbocycles. The van der Waals surface area contributed by atoms with E-state index in [2.05, 4.69) is 4.98 Å². The minimum Gasteiger partial charge on any atom is -0.481 e. The molecular formula is C18H20N2O5. The van der Waals surface area contributed by atoms with Crippen molar-refractivity contribution in [1.82, 2.24) is 9.88 Å². The third-order valence-corrected chi connectivity index (χ3v) is 4.53. The number of carboxylic acids is 1. The average molecular weight is 344 g/mol. The number of carbonyl (C=O) groups is 2. The van der Waals surface area contributed by atoms with Gasteiger partial charge >= 0.3 is 5.97 Å². The first-order chi connectivity index (χ1) is 12.0. The largest absolute Gasteiger partial charge is 0.481 e. The van der Waals surface area contributed by atoms with Crippen molar-refractivity contribution >= 4 is 11.9 Å². The van der Waals surface area contributed by atoms with Crippen molar-refractivity contribution in [2.75, 3.05) is 26.8 Å².